The van der Waals surface area contributed by atoms with E-state index < -0.39 is 0 Å². The van der Waals surface area contributed by atoms with E-state index >= 15 is 0 Å². The molecular formula is C21H26N4O3. The number of benzene rings is 1. The van der Waals surface area contributed by atoms with Gasteiger partial charge in [0.2, 0.25) is 5.91 Å². The van der Waals surface area contributed by atoms with Crippen molar-refractivity contribution in [2.75, 3.05) is 38.0 Å². The van der Waals surface area contributed by atoms with Gasteiger partial charge < -0.3 is 14.7 Å². The van der Waals surface area contributed by atoms with Crippen molar-refractivity contribution in [3.05, 3.63) is 46.8 Å². The first-order valence-electron chi connectivity index (χ1n) is 9.85. The van der Waals surface area contributed by atoms with E-state index in [0.29, 0.717) is 44.3 Å². The summed E-state index contributed by atoms with van der Waals surface area (Å²) >= 11 is 0. The van der Waals surface area contributed by atoms with E-state index in [9.17, 15) is 9.59 Å². The number of nitrogens with one attached hydrogen (secondary N) is 1. The highest BCUT2D eigenvalue weighted by Gasteiger charge is 2.30. The Kier molecular flexibility index (Phi) is 5.17. The van der Waals surface area contributed by atoms with Crippen molar-refractivity contribution in [1.29, 1.82) is 0 Å². The quantitative estimate of drug-likeness (QED) is 0.860. The number of piperazine rings is 1. The maximum atomic E-state index is 12.6. The zero-order valence-corrected chi connectivity index (χ0v) is 16.4. The molecule has 1 aliphatic carbocycles. The summed E-state index contributed by atoms with van der Waals surface area (Å²) < 4.78 is 5.29. The van der Waals surface area contributed by atoms with E-state index in [1.54, 1.807) is 11.0 Å². The molecule has 2 aromatic rings. The van der Waals surface area contributed by atoms with E-state index in [2.05, 4.69) is 15.4 Å². The van der Waals surface area contributed by atoms with Crippen LogP contribution in [-0.4, -0.2) is 59.5 Å². The molecule has 1 aromatic carbocycles. The predicted octanol–water partition coefficient (Wildman–Crippen LogP) is 2.57. The van der Waals surface area contributed by atoms with Crippen molar-refractivity contribution in [3.8, 4) is 0 Å². The lowest BCUT2D eigenvalue weighted by Gasteiger charge is -2.33. The molecule has 7 heteroatoms. The van der Waals surface area contributed by atoms with Gasteiger partial charge in [0.05, 0.1) is 6.54 Å². The third-order valence-electron chi connectivity index (χ3n) is 5.63. The number of carbonyl (C=O) groups excluding carboxylic acids is 2. The molecule has 1 saturated heterocycles. The van der Waals surface area contributed by atoms with Gasteiger partial charge in [0, 0.05) is 43.9 Å². The van der Waals surface area contributed by atoms with Gasteiger partial charge in [-0.25, -0.2) is 0 Å². The molecule has 2 heterocycles. The van der Waals surface area contributed by atoms with Crippen LogP contribution in [0.2, 0.25) is 0 Å². The summed E-state index contributed by atoms with van der Waals surface area (Å²) in [5.74, 6) is 1.15. The fraction of sp³-hybridized carbons (Fsp3) is 0.476. The van der Waals surface area contributed by atoms with Gasteiger partial charge in [-0.1, -0.05) is 17.3 Å². The van der Waals surface area contributed by atoms with Crippen molar-refractivity contribution < 1.29 is 14.1 Å². The maximum absolute atomic E-state index is 12.6. The van der Waals surface area contributed by atoms with Gasteiger partial charge in [0.15, 0.2) is 5.69 Å². The summed E-state index contributed by atoms with van der Waals surface area (Å²) in [6, 6.07) is 7.68. The van der Waals surface area contributed by atoms with Gasteiger partial charge >= 0.3 is 0 Å². The van der Waals surface area contributed by atoms with Crippen LogP contribution in [0.1, 0.15) is 46.1 Å². The molecule has 28 heavy (non-hydrogen) atoms. The lowest BCUT2D eigenvalue weighted by molar-refractivity contribution is -0.117. The molecule has 148 valence electrons. The van der Waals surface area contributed by atoms with Crippen molar-refractivity contribution >= 4 is 17.5 Å². The number of rotatable bonds is 5. The Morgan fingerprint density at radius 3 is 2.64 bits per heavy atom. The zero-order chi connectivity index (χ0) is 19.7. The van der Waals surface area contributed by atoms with Crippen LogP contribution < -0.4 is 5.32 Å². The minimum absolute atomic E-state index is 0.0287. The molecule has 1 N–H and O–H groups in total. The number of amides is 2. The second-order valence-electron chi connectivity index (χ2n) is 7.75. The second-order valence-corrected chi connectivity index (χ2v) is 7.75. The van der Waals surface area contributed by atoms with Crippen LogP contribution in [0.4, 0.5) is 5.69 Å². The number of carbonyl (C=O) groups is 2. The molecular weight excluding hydrogens is 356 g/mol. The van der Waals surface area contributed by atoms with Crippen LogP contribution in [0, 0.1) is 13.8 Å². The number of hydrogen-bond donors (Lipinski definition) is 1. The summed E-state index contributed by atoms with van der Waals surface area (Å²) in [5.41, 5.74) is 3.49. The van der Waals surface area contributed by atoms with Crippen LogP contribution >= 0.6 is 0 Å². The zero-order valence-electron chi connectivity index (χ0n) is 16.4. The standard InChI is InChI=1S/C21H26N4O3/c1-14-4-3-5-17(15(14)2)22-20(26)13-24-8-10-25(11-9-24)21(27)18-12-19(28-23-18)16-6-7-16/h3-5,12,16H,6-11,13H2,1-2H3,(H,22,26). The van der Waals surface area contributed by atoms with Gasteiger partial charge in [-0.15, -0.1) is 0 Å². The molecule has 0 bridgehead atoms. The summed E-state index contributed by atoms with van der Waals surface area (Å²) in [4.78, 5) is 28.9. The molecule has 7 nitrogen and oxygen atoms in total. The SMILES string of the molecule is Cc1cccc(NC(=O)CN2CCN(C(=O)c3cc(C4CC4)on3)CC2)c1C. The largest absolute Gasteiger partial charge is 0.360 e. The Morgan fingerprint density at radius 1 is 1.18 bits per heavy atom. The molecule has 4 rings (SSSR count). The summed E-state index contributed by atoms with van der Waals surface area (Å²) in [5, 5.41) is 6.93. The fourth-order valence-electron chi connectivity index (χ4n) is 3.50. The van der Waals surface area contributed by atoms with E-state index in [1.165, 1.54) is 0 Å². The molecule has 0 unspecified atom stereocenters. The van der Waals surface area contributed by atoms with Crippen LogP contribution in [-0.2, 0) is 4.79 Å². The highest BCUT2D eigenvalue weighted by atomic mass is 16.5. The third-order valence-corrected chi connectivity index (χ3v) is 5.63. The number of aromatic nitrogens is 1. The van der Waals surface area contributed by atoms with E-state index in [-0.39, 0.29) is 11.8 Å². The number of aryl methyl sites for hydroxylation is 1. The smallest absolute Gasteiger partial charge is 0.276 e. The van der Waals surface area contributed by atoms with Gasteiger partial charge in [-0.2, -0.15) is 0 Å². The lowest BCUT2D eigenvalue weighted by atomic mass is 10.1. The monoisotopic (exact) mass is 382 g/mol. The first-order chi connectivity index (χ1) is 13.5. The van der Waals surface area contributed by atoms with E-state index in [1.807, 2.05) is 32.0 Å². The van der Waals surface area contributed by atoms with Crippen LogP contribution in [0.25, 0.3) is 0 Å². The minimum atomic E-state index is -0.0878. The molecule has 0 atom stereocenters. The number of nitrogens with zero attached hydrogens (tertiary/aromatic N) is 3. The van der Waals surface area contributed by atoms with Crippen LogP contribution in [0.3, 0.4) is 0 Å². The molecule has 2 amide bonds. The summed E-state index contributed by atoms with van der Waals surface area (Å²) in [6.45, 7) is 6.86. The van der Waals surface area contributed by atoms with E-state index in [4.69, 9.17) is 4.52 Å². The molecule has 2 aliphatic rings. The topological polar surface area (TPSA) is 78.7 Å². The molecule has 2 fully saturated rings. The molecule has 1 aromatic heterocycles. The minimum Gasteiger partial charge on any atom is -0.360 e. The Labute approximate surface area is 164 Å². The van der Waals surface area contributed by atoms with Crippen molar-refractivity contribution in [1.82, 2.24) is 15.0 Å². The third kappa shape index (κ3) is 4.09. The van der Waals surface area contributed by atoms with Gasteiger partial charge in [0.1, 0.15) is 5.76 Å². The Bertz CT molecular complexity index is 880. The Balaban J connectivity index is 1.27. The average molecular weight is 382 g/mol. The summed E-state index contributed by atoms with van der Waals surface area (Å²) in [6.07, 6.45) is 2.23. The van der Waals surface area contributed by atoms with Gasteiger partial charge in [0.25, 0.3) is 5.91 Å². The Hall–Kier alpha value is -2.67. The summed E-state index contributed by atoms with van der Waals surface area (Å²) in [7, 11) is 0. The highest BCUT2D eigenvalue weighted by molar-refractivity contribution is 5.93. The number of anilines is 1. The van der Waals surface area contributed by atoms with Crippen LogP contribution in [0.5, 0.6) is 0 Å². The van der Waals surface area contributed by atoms with Gasteiger partial charge in [-0.05, 0) is 43.9 Å². The van der Waals surface area contributed by atoms with Crippen molar-refractivity contribution in [3.63, 3.8) is 0 Å². The first-order valence-corrected chi connectivity index (χ1v) is 9.85. The lowest BCUT2D eigenvalue weighted by Crippen LogP contribution is -2.50. The van der Waals surface area contributed by atoms with E-state index in [0.717, 1.165) is 35.4 Å². The first kappa shape index (κ1) is 18.7. The highest BCUT2D eigenvalue weighted by Crippen LogP contribution is 2.40. The van der Waals surface area contributed by atoms with Crippen LogP contribution in [0.15, 0.2) is 28.8 Å². The van der Waals surface area contributed by atoms with Crippen molar-refractivity contribution in [2.45, 2.75) is 32.6 Å². The molecule has 1 saturated carbocycles. The average Bonchev–Trinajstić information content (AvgIpc) is 3.42. The predicted molar refractivity (Wildman–Crippen MR) is 105 cm³/mol. The molecule has 1 aliphatic heterocycles. The maximum Gasteiger partial charge on any atom is 0.276 e. The number of hydrogen-bond acceptors (Lipinski definition) is 5. The Morgan fingerprint density at radius 2 is 1.93 bits per heavy atom. The van der Waals surface area contributed by atoms with Gasteiger partial charge in [-0.3, -0.25) is 14.5 Å². The van der Waals surface area contributed by atoms with Crippen molar-refractivity contribution in [2.24, 2.45) is 0 Å². The molecule has 0 radical (unpaired) electrons. The fourth-order valence-corrected chi connectivity index (χ4v) is 3.50. The second kappa shape index (κ2) is 7.75. The molecule has 0 spiro atoms. The normalized spacial score (nSPS) is 17.6.